The third-order valence-corrected chi connectivity index (χ3v) is 2.16. The maximum absolute atomic E-state index is 11.2. The molecular weight excluding hydrogens is 156 g/mol. The van der Waals surface area contributed by atoms with E-state index in [0.29, 0.717) is 12.3 Å². The minimum Gasteiger partial charge on any atom is -0.396 e. The highest BCUT2D eigenvalue weighted by Crippen LogP contribution is 2.14. The van der Waals surface area contributed by atoms with Gasteiger partial charge in [-0.3, -0.25) is 4.79 Å². The van der Waals surface area contributed by atoms with Crippen molar-refractivity contribution in [1.29, 1.82) is 0 Å². The van der Waals surface area contributed by atoms with Crippen molar-refractivity contribution in [1.82, 2.24) is 10.2 Å². The lowest BCUT2D eigenvalue weighted by molar-refractivity contribution is -0.138. The summed E-state index contributed by atoms with van der Waals surface area (Å²) in [5.74, 6) is 0.512. The molecule has 0 spiro atoms. The second-order valence-corrected chi connectivity index (χ2v) is 3.20. The van der Waals surface area contributed by atoms with E-state index in [1.54, 1.807) is 4.90 Å². The summed E-state index contributed by atoms with van der Waals surface area (Å²) in [6.07, 6.45) is 0.564. The Morgan fingerprint density at radius 2 is 2.33 bits per heavy atom. The van der Waals surface area contributed by atoms with Gasteiger partial charge in [-0.2, -0.15) is 0 Å². The molecule has 0 aromatic carbocycles. The molecule has 12 heavy (non-hydrogen) atoms. The minimum absolute atomic E-state index is 0.189. The lowest BCUT2D eigenvalue weighted by atomic mass is 10.0. The quantitative estimate of drug-likeness (QED) is 0.574. The standard InChI is InChI=1S/C8H16N2O2/c1-9-3-2-8(12)10-4-7(5-10)6-11/h7,9,11H,2-6H2,1H3. The van der Waals surface area contributed by atoms with E-state index in [2.05, 4.69) is 5.32 Å². The van der Waals surface area contributed by atoms with Gasteiger partial charge in [-0.1, -0.05) is 0 Å². The first-order valence-electron chi connectivity index (χ1n) is 4.31. The van der Waals surface area contributed by atoms with Crippen molar-refractivity contribution >= 4 is 5.91 Å². The van der Waals surface area contributed by atoms with Crippen molar-refractivity contribution in [2.45, 2.75) is 6.42 Å². The molecule has 0 saturated carbocycles. The van der Waals surface area contributed by atoms with Crippen LogP contribution in [0.25, 0.3) is 0 Å². The molecule has 0 aliphatic carbocycles. The van der Waals surface area contributed by atoms with Gasteiger partial charge in [-0.05, 0) is 7.05 Å². The molecule has 4 heteroatoms. The first-order valence-corrected chi connectivity index (χ1v) is 4.31. The molecule has 1 saturated heterocycles. The highest BCUT2D eigenvalue weighted by molar-refractivity contribution is 5.77. The van der Waals surface area contributed by atoms with E-state index in [1.165, 1.54) is 0 Å². The van der Waals surface area contributed by atoms with E-state index in [9.17, 15) is 4.79 Å². The summed E-state index contributed by atoms with van der Waals surface area (Å²) in [4.78, 5) is 13.0. The molecule has 1 aliphatic heterocycles. The van der Waals surface area contributed by atoms with E-state index >= 15 is 0 Å². The molecular formula is C8H16N2O2. The molecule has 4 nitrogen and oxygen atoms in total. The van der Waals surface area contributed by atoms with Crippen molar-refractivity contribution in [3.63, 3.8) is 0 Å². The van der Waals surface area contributed by atoms with Gasteiger partial charge in [0.25, 0.3) is 0 Å². The van der Waals surface area contributed by atoms with Crippen LogP contribution in [0, 0.1) is 5.92 Å². The molecule has 1 aliphatic rings. The van der Waals surface area contributed by atoms with E-state index < -0.39 is 0 Å². The van der Waals surface area contributed by atoms with Crippen LogP contribution in [0.1, 0.15) is 6.42 Å². The zero-order valence-electron chi connectivity index (χ0n) is 7.42. The monoisotopic (exact) mass is 172 g/mol. The Balaban J connectivity index is 2.11. The summed E-state index contributed by atoms with van der Waals surface area (Å²) in [7, 11) is 1.83. The average Bonchev–Trinajstić information content (AvgIpc) is 1.99. The van der Waals surface area contributed by atoms with E-state index in [4.69, 9.17) is 5.11 Å². The molecule has 1 rings (SSSR count). The van der Waals surface area contributed by atoms with Crippen LogP contribution in [-0.4, -0.2) is 49.2 Å². The Kier molecular flexibility index (Phi) is 3.49. The predicted octanol–water partition coefficient (Wildman–Crippen LogP) is -0.953. The number of likely N-dealkylation sites (tertiary alicyclic amines) is 1. The zero-order chi connectivity index (χ0) is 8.97. The Morgan fingerprint density at radius 1 is 1.67 bits per heavy atom. The second-order valence-electron chi connectivity index (χ2n) is 3.20. The van der Waals surface area contributed by atoms with Crippen LogP contribution < -0.4 is 5.32 Å². The van der Waals surface area contributed by atoms with Gasteiger partial charge in [-0.15, -0.1) is 0 Å². The lowest BCUT2D eigenvalue weighted by Gasteiger charge is -2.38. The number of rotatable bonds is 4. The van der Waals surface area contributed by atoms with E-state index in [0.717, 1.165) is 19.6 Å². The number of carbonyl (C=O) groups is 1. The number of nitrogens with one attached hydrogen (secondary N) is 1. The Morgan fingerprint density at radius 3 is 2.83 bits per heavy atom. The summed E-state index contributed by atoms with van der Waals surface area (Å²) in [6.45, 7) is 2.41. The zero-order valence-corrected chi connectivity index (χ0v) is 7.42. The molecule has 0 unspecified atom stereocenters. The molecule has 0 aromatic rings. The van der Waals surface area contributed by atoms with Crippen LogP contribution in [0.4, 0.5) is 0 Å². The van der Waals surface area contributed by atoms with Gasteiger partial charge < -0.3 is 15.3 Å². The van der Waals surface area contributed by atoms with Crippen LogP contribution in [0.15, 0.2) is 0 Å². The van der Waals surface area contributed by atoms with Gasteiger partial charge >= 0.3 is 0 Å². The number of hydrogen-bond donors (Lipinski definition) is 2. The predicted molar refractivity (Wildman–Crippen MR) is 45.7 cm³/mol. The summed E-state index contributed by atoms with van der Waals surface area (Å²) in [6, 6.07) is 0. The fourth-order valence-corrected chi connectivity index (χ4v) is 1.28. The van der Waals surface area contributed by atoms with Crippen LogP contribution in [0.2, 0.25) is 0 Å². The molecule has 0 bridgehead atoms. The largest absolute Gasteiger partial charge is 0.396 e. The number of aliphatic hydroxyl groups is 1. The summed E-state index contributed by atoms with van der Waals surface area (Å²) in [5, 5.41) is 11.6. The highest BCUT2D eigenvalue weighted by atomic mass is 16.3. The second kappa shape index (κ2) is 4.42. The van der Waals surface area contributed by atoms with Crippen LogP contribution in [0.3, 0.4) is 0 Å². The number of nitrogens with zero attached hydrogens (tertiary/aromatic N) is 1. The van der Waals surface area contributed by atoms with E-state index in [1.807, 2.05) is 7.05 Å². The summed E-state index contributed by atoms with van der Waals surface area (Å²) in [5.41, 5.74) is 0. The topological polar surface area (TPSA) is 52.6 Å². The lowest BCUT2D eigenvalue weighted by Crippen LogP contribution is -2.51. The van der Waals surface area contributed by atoms with Crippen LogP contribution >= 0.6 is 0 Å². The van der Waals surface area contributed by atoms with Crippen molar-refractivity contribution in [2.75, 3.05) is 33.3 Å². The van der Waals surface area contributed by atoms with Gasteiger partial charge in [0.1, 0.15) is 0 Å². The van der Waals surface area contributed by atoms with Gasteiger partial charge in [-0.25, -0.2) is 0 Å². The molecule has 70 valence electrons. The maximum Gasteiger partial charge on any atom is 0.223 e. The number of carbonyl (C=O) groups excluding carboxylic acids is 1. The SMILES string of the molecule is CNCCC(=O)N1CC(CO)C1. The van der Waals surface area contributed by atoms with Gasteiger partial charge in [0, 0.05) is 38.6 Å². The number of amides is 1. The molecule has 1 amide bonds. The van der Waals surface area contributed by atoms with Crippen molar-refractivity contribution in [3.05, 3.63) is 0 Å². The smallest absolute Gasteiger partial charge is 0.223 e. The molecule has 0 atom stereocenters. The molecule has 1 heterocycles. The molecule has 0 aromatic heterocycles. The summed E-state index contributed by atoms with van der Waals surface area (Å²) >= 11 is 0. The first-order chi connectivity index (χ1) is 5.77. The normalized spacial score (nSPS) is 17.7. The molecule has 2 N–H and O–H groups in total. The van der Waals surface area contributed by atoms with Crippen LogP contribution in [0.5, 0.6) is 0 Å². The Labute approximate surface area is 72.6 Å². The van der Waals surface area contributed by atoms with Gasteiger partial charge in [0.2, 0.25) is 5.91 Å². The van der Waals surface area contributed by atoms with Crippen molar-refractivity contribution in [2.24, 2.45) is 5.92 Å². The van der Waals surface area contributed by atoms with Gasteiger partial charge in [0.15, 0.2) is 0 Å². The maximum atomic E-state index is 11.2. The third kappa shape index (κ3) is 2.19. The minimum atomic E-state index is 0.189. The van der Waals surface area contributed by atoms with Crippen molar-refractivity contribution < 1.29 is 9.90 Å². The van der Waals surface area contributed by atoms with E-state index in [-0.39, 0.29) is 12.5 Å². The number of aliphatic hydroxyl groups excluding tert-OH is 1. The molecule has 0 radical (unpaired) electrons. The average molecular weight is 172 g/mol. The van der Waals surface area contributed by atoms with Crippen molar-refractivity contribution in [3.8, 4) is 0 Å². The highest BCUT2D eigenvalue weighted by Gasteiger charge is 2.28. The van der Waals surface area contributed by atoms with Gasteiger partial charge in [0.05, 0.1) is 0 Å². The number of hydrogen-bond acceptors (Lipinski definition) is 3. The first kappa shape index (κ1) is 9.48. The Bertz CT molecular complexity index is 155. The third-order valence-electron chi connectivity index (χ3n) is 2.16. The molecule has 1 fully saturated rings. The fraction of sp³-hybridized carbons (Fsp3) is 0.875. The fourth-order valence-electron chi connectivity index (χ4n) is 1.28. The Hall–Kier alpha value is -0.610. The van der Waals surface area contributed by atoms with Crippen LogP contribution in [-0.2, 0) is 4.79 Å². The summed E-state index contributed by atoms with van der Waals surface area (Å²) < 4.78 is 0.